The van der Waals surface area contributed by atoms with Crippen molar-refractivity contribution in [3.8, 4) is 5.75 Å². The highest BCUT2D eigenvalue weighted by Gasteiger charge is 2.15. The molecule has 0 spiro atoms. The second kappa shape index (κ2) is 3.92. The van der Waals surface area contributed by atoms with Crippen molar-refractivity contribution >= 4 is 5.78 Å². The van der Waals surface area contributed by atoms with E-state index >= 15 is 0 Å². The molecule has 1 atom stereocenters. The maximum absolute atomic E-state index is 11.3. The molecule has 0 saturated heterocycles. The molecule has 70 valence electrons. The van der Waals surface area contributed by atoms with Crippen LogP contribution in [0.3, 0.4) is 0 Å². The van der Waals surface area contributed by atoms with Crippen LogP contribution in [0.5, 0.6) is 5.75 Å². The zero-order chi connectivity index (χ0) is 9.80. The van der Waals surface area contributed by atoms with Gasteiger partial charge in [-0.1, -0.05) is 30.4 Å². The van der Waals surface area contributed by atoms with E-state index in [0.717, 1.165) is 0 Å². The third-order valence-electron chi connectivity index (χ3n) is 1.94. The number of allylic oxidation sites excluding steroid dienone is 2. The number of carbonyl (C=O) groups excluding carboxylic acids is 1. The van der Waals surface area contributed by atoms with Crippen molar-refractivity contribution in [2.24, 2.45) is 0 Å². The van der Waals surface area contributed by atoms with Crippen LogP contribution in [0.2, 0.25) is 0 Å². The van der Waals surface area contributed by atoms with Gasteiger partial charge < -0.3 is 4.74 Å². The summed E-state index contributed by atoms with van der Waals surface area (Å²) in [6, 6.07) is 9.33. The largest absolute Gasteiger partial charge is 0.478 e. The first-order valence-corrected chi connectivity index (χ1v) is 4.47. The van der Waals surface area contributed by atoms with Crippen LogP contribution in [-0.2, 0) is 4.79 Å². The van der Waals surface area contributed by atoms with Crippen LogP contribution in [-0.4, -0.2) is 11.9 Å². The van der Waals surface area contributed by atoms with Crippen molar-refractivity contribution in [2.45, 2.75) is 6.10 Å². The summed E-state index contributed by atoms with van der Waals surface area (Å²) in [5, 5.41) is 0. The van der Waals surface area contributed by atoms with E-state index in [9.17, 15) is 4.79 Å². The molecule has 0 aliphatic heterocycles. The molecule has 0 N–H and O–H groups in total. The van der Waals surface area contributed by atoms with Crippen LogP contribution in [0.25, 0.3) is 0 Å². The fraction of sp³-hybridized carbons (Fsp3) is 0.0833. The molecular formula is C12H10O2. The van der Waals surface area contributed by atoms with Gasteiger partial charge in [-0.25, -0.2) is 0 Å². The molecule has 1 aliphatic rings. The van der Waals surface area contributed by atoms with Gasteiger partial charge in [-0.2, -0.15) is 0 Å². The topological polar surface area (TPSA) is 26.3 Å². The average molecular weight is 186 g/mol. The van der Waals surface area contributed by atoms with E-state index in [1.54, 1.807) is 12.2 Å². The fourth-order valence-corrected chi connectivity index (χ4v) is 1.25. The van der Waals surface area contributed by atoms with Gasteiger partial charge in [0, 0.05) is 0 Å². The van der Waals surface area contributed by atoms with E-state index in [4.69, 9.17) is 4.74 Å². The Hall–Kier alpha value is -1.83. The summed E-state index contributed by atoms with van der Waals surface area (Å²) < 4.78 is 5.48. The Kier molecular flexibility index (Phi) is 2.45. The van der Waals surface area contributed by atoms with E-state index in [-0.39, 0.29) is 5.78 Å². The molecule has 2 rings (SSSR count). The molecule has 1 unspecified atom stereocenters. The number of benzene rings is 1. The number of para-hydroxylation sites is 1. The Labute approximate surface area is 82.5 Å². The zero-order valence-electron chi connectivity index (χ0n) is 7.59. The normalized spacial score (nSPS) is 19.7. The summed E-state index contributed by atoms with van der Waals surface area (Å²) in [5.41, 5.74) is 0. The minimum Gasteiger partial charge on any atom is -0.478 e. The number of ketones is 1. The van der Waals surface area contributed by atoms with E-state index in [2.05, 4.69) is 0 Å². The monoisotopic (exact) mass is 186 g/mol. The molecule has 1 aromatic carbocycles. The Balaban J connectivity index is 2.09. The van der Waals surface area contributed by atoms with Crippen LogP contribution in [0.1, 0.15) is 0 Å². The van der Waals surface area contributed by atoms with Gasteiger partial charge in [-0.05, 0) is 24.3 Å². The maximum Gasteiger partial charge on any atom is 0.200 e. The van der Waals surface area contributed by atoms with Crippen molar-refractivity contribution in [1.82, 2.24) is 0 Å². The molecule has 0 fully saturated rings. The Morgan fingerprint density at radius 2 is 1.86 bits per heavy atom. The van der Waals surface area contributed by atoms with Crippen molar-refractivity contribution in [3.63, 3.8) is 0 Å². The number of carbonyl (C=O) groups is 1. The van der Waals surface area contributed by atoms with Gasteiger partial charge in [0.05, 0.1) is 0 Å². The molecule has 2 heteroatoms. The van der Waals surface area contributed by atoms with Crippen molar-refractivity contribution in [3.05, 3.63) is 54.6 Å². The summed E-state index contributed by atoms with van der Waals surface area (Å²) >= 11 is 0. The summed E-state index contributed by atoms with van der Waals surface area (Å²) in [7, 11) is 0. The van der Waals surface area contributed by atoms with Crippen molar-refractivity contribution in [1.29, 1.82) is 0 Å². The van der Waals surface area contributed by atoms with Gasteiger partial charge in [0.2, 0.25) is 0 Å². The molecule has 0 saturated carbocycles. The molecule has 0 heterocycles. The van der Waals surface area contributed by atoms with Crippen LogP contribution < -0.4 is 4.74 Å². The summed E-state index contributed by atoms with van der Waals surface area (Å²) in [6.07, 6.45) is 6.33. The first-order valence-electron chi connectivity index (χ1n) is 4.47. The first kappa shape index (κ1) is 8.75. The van der Waals surface area contributed by atoms with Crippen molar-refractivity contribution in [2.75, 3.05) is 0 Å². The van der Waals surface area contributed by atoms with Crippen LogP contribution >= 0.6 is 0 Å². The molecule has 0 bridgehead atoms. The van der Waals surface area contributed by atoms with Gasteiger partial charge in [0.1, 0.15) is 5.75 Å². The molecule has 0 aromatic heterocycles. The number of hydrogen-bond acceptors (Lipinski definition) is 2. The molecule has 0 radical (unpaired) electrons. The van der Waals surface area contributed by atoms with Gasteiger partial charge >= 0.3 is 0 Å². The van der Waals surface area contributed by atoms with Gasteiger partial charge in [0.15, 0.2) is 11.9 Å². The SMILES string of the molecule is O=C1C=CC=CC1Oc1ccccc1. The van der Waals surface area contributed by atoms with E-state index in [0.29, 0.717) is 5.75 Å². The Bertz CT molecular complexity index is 377. The van der Waals surface area contributed by atoms with E-state index in [1.165, 1.54) is 6.08 Å². The van der Waals surface area contributed by atoms with Crippen LogP contribution in [0.15, 0.2) is 54.6 Å². The van der Waals surface area contributed by atoms with E-state index in [1.807, 2.05) is 36.4 Å². The van der Waals surface area contributed by atoms with Crippen LogP contribution in [0, 0.1) is 0 Å². The third-order valence-corrected chi connectivity index (χ3v) is 1.94. The summed E-state index contributed by atoms with van der Waals surface area (Å²) in [6.45, 7) is 0. The highest BCUT2D eigenvalue weighted by atomic mass is 16.5. The van der Waals surface area contributed by atoms with Crippen molar-refractivity contribution < 1.29 is 9.53 Å². The lowest BCUT2D eigenvalue weighted by Crippen LogP contribution is -2.24. The lowest BCUT2D eigenvalue weighted by atomic mass is 10.1. The predicted octanol–water partition coefficient (Wildman–Crippen LogP) is 2.13. The smallest absolute Gasteiger partial charge is 0.200 e. The summed E-state index contributed by atoms with van der Waals surface area (Å²) in [5.74, 6) is 0.696. The highest BCUT2D eigenvalue weighted by Crippen LogP contribution is 2.13. The number of rotatable bonds is 2. The minimum absolute atomic E-state index is 0.0173. The zero-order valence-corrected chi connectivity index (χ0v) is 7.59. The Morgan fingerprint density at radius 3 is 2.57 bits per heavy atom. The lowest BCUT2D eigenvalue weighted by molar-refractivity contribution is -0.119. The number of ether oxygens (including phenoxy) is 1. The van der Waals surface area contributed by atoms with Crippen LogP contribution in [0.4, 0.5) is 0 Å². The second-order valence-corrected chi connectivity index (χ2v) is 3.00. The van der Waals surface area contributed by atoms with Gasteiger partial charge in [-0.3, -0.25) is 4.79 Å². The maximum atomic E-state index is 11.3. The Morgan fingerprint density at radius 1 is 1.07 bits per heavy atom. The second-order valence-electron chi connectivity index (χ2n) is 3.00. The summed E-state index contributed by atoms with van der Waals surface area (Å²) in [4.78, 5) is 11.3. The lowest BCUT2D eigenvalue weighted by Gasteiger charge is -2.14. The number of hydrogen-bond donors (Lipinski definition) is 0. The molecule has 1 aromatic rings. The standard InChI is InChI=1S/C12H10O2/c13-11-8-4-5-9-12(11)14-10-6-2-1-3-7-10/h1-9,12H. The molecule has 0 amide bonds. The minimum atomic E-state index is -0.470. The quantitative estimate of drug-likeness (QED) is 0.707. The fourth-order valence-electron chi connectivity index (χ4n) is 1.25. The predicted molar refractivity (Wildman–Crippen MR) is 54.1 cm³/mol. The third kappa shape index (κ3) is 1.91. The molecule has 14 heavy (non-hydrogen) atoms. The van der Waals surface area contributed by atoms with E-state index < -0.39 is 6.10 Å². The van der Waals surface area contributed by atoms with Gasteiger partial charge in [0.25, 0.3) is 0 Å². The molecule has 1 aliphatic carbocycles. The van der Waals surface area contributed by atoms with Gasteiger partial charge in [-0.15, -0.1) is 0 Å². The molecular weight excluding hydrogens is 176 g/mol. The first-order chi connectivity index (χ1) is 6.86. The average Bonchev–Trinajstić information content (AvgIpc) is 2.23. The molecule has 2 nitrogen and oxygen atoms in total. The highest BCUT2D eigenvalue weighted by molar-refractivity contribution is 5.96.